The van der Waals surface area contributed by atoms with Crippen LogP contribution in [0, 0.1) is 0 Å². The van der Waals surface area contributed by atoms with E-state index in [4.69, 9.17) is 4.74 Å². The summed E-state index contributed by atoms with van der Waals surface area (Å²) < 4.78 is 6.52. The Morgan fingerprint density at radius 2 is 2.00 bits per heavy atom. The van der Waals surface area contributed by atoms with Gasteiger partial charge in [-0.1, -0.05) is 22.0 Å². The highest BCUT2D eigenvalue weighted by Gasteiger charge is 2.21. The van der Waals surface area contributed by atoms with Crippen LogP contribution < -0.4 is 4.74 Å². The summed E-state index contributed by atoms with van der Waals surface area (Å²) in [6.07, 6.45) is 2.65. The van der Waals surface area contributed by atoms with E-state index in [1.807, 2.05) is 6.07 Å². The summed E-state index contributed by atoms with van der Waals surface area (Å²) >= 11 is 3.48. The number of likely N-dealkylation sites (tertiary alicyclic amines) is 1. The molecular formula is C13H18BrNO. The molecule has 1 atom stereocenters. The second-order valence-corrected chi connectivity index (χ2v) is 5.22. The Hall–Kier alpha value is -0.540. The van der Waals surface area contributed by atoms with E-state index in [1.165, 1.54) is 31.5 Å². The van der Waals surface area contributed by atoms with Crippen molar-refractivity contribution < 1.29 is 4.74 Å². The highest BCUT2D eigenvalue weighted by Crippen LogP contribution is 2.33. The fourth-order valence-electron chi connectivity index (χ4n) is 2.36. The van der Waals surface area contributed by atoms with Gasteiger partial charge in [-0.15, -0.1) is 0 Å². The molecule has 1 aliphatic rings. The molecule has 2 nitrogen and oxygen atoms in total. The maximum Gasteiger partial charge on any atom is 0.124 e. The number of methoxy groups -OCH3 is 1. The number of benzene rings is 1. The Morgan fingerprint density at radius 3 is 2.62 bits per heavy atom. The van der Waals surface area contributed by atoms with Crippen LogP contribution in [0.5, 0.6) is 5.75 Å². The number of ether oxygens (including phenoxy) is 1. The van der Waals surface area contributed by atoms with Crippen molar-refractivity contribution in [2.45, 2.75) is 25.8 Å². The molecule has 1 unspecified atom stereocenters. The lowest BCUT2D eigenvalue weighted by molar-refractivity contribution is 0.256. The lowest BCUT2D eigenvalue weighted by Gasteiger charge is -2.25. The van der Waals surface area contributed by atoms with Crippen molar-refractivity contribution in [3.8, 4) is 5.75 Å². The number of nitrogens with zero attached hydrogens (tertiary/aromatic N) is 1. The van der Waals surface area contributed by atoms with Crippen molar-refractivity contribution in [2.75, 3.05) is 20.2 Å². The summed E-state index contributed by atoms with van der Waals surface area (Å²) in [5, 5.41) is 0. The van der Waals surface area contributed by atoms with E-state index in [9.17, 15) is 0 Å². The summed E-state index contributed by atoms with van der Waals surface area (Å²) in [7, 11) is 1.74. The van der Waals surface area contributed by atoms with Crippen LogP contribution in [0.3, 0.4) is 0 Å². The van der Waals surface area contributed by atoms with Gasteiger partial charge in [-0.3, -0.25) is 4.90 Å². The van der Waals surface area contributed by atoms with Crippen LogP contribution in [-0.4, -0.2) is 25.1 Å². The number of rotatable bonds is 3. The molecule has 3 heteroatoms. The van der Waals surface area contributed by atoms with Crippen LogP contribution in [0.1, 0.15) is 31.4 Å². The first-order valence-corrected chi connectivity index (χ1v) is 6.59. The zero-order valence-corrected chi connectivity index (χ0v) is 11.5. The SMILES string of the molecule is COc1cc(Br)ccc1C(C)N1CCCC1. The summed E-state index contributed by atoms with van der Waals surface area (Å²) in [6, 6.07) is 6.74. The molecule has 0 amide bonds. The second-order valence-electron chi connectivity index (χ2n) is 4.31. The van der Waals surface area contributed by atoms with E-state index in [0.29, 0.717) is 6.04 Å². The van der Waals surface area contributed by atoms with Crippen molar-refractivity contribution in [3.63, 3.8) is 0 Å². The minimum Gasteiger partial charge on any atom is -0.496 e. The average molecular weight is 284 g/mol. The summed E-state index contributed by atoms with van der Waals surface area (Å²) in [4.78, 5) is 2.52. The van der Waals surface area contributed by atoms with E-state index >= 15 is 0 Å². The Bertz CT molecular complexity index is 361. The molecule has 0 aromatic heterocycles. The molecule has 0 N–H and O–H groups in total. The third-order valence-corrected chi connectivity index (χ3v) is 3.83. The molecule has 1 heterocycles. The van der Waals surface area contributed by atoms with Crippen molar-refractivity contribution in [1.29, 1.82) is 0 Å². The maximum absolute atomic E-state index is 5.45. The molecular weight excluding hydrogens is 266 g/mol. The topological polar surface area (TPSA) is 12.5 Å². The van der Waals surface area contributed by atoms with E-state index in [2.05, 4.69) is 39.9 Å². The molecule has 88 valence electrons. The van der Waals surface area contributed by atoms with Crippen LogP contribution in [0.25, 0.3) is 0 Å². The van der Waals surface area contributed by atoms with Gasteiger partial charge in [0.2, 0.25) is 0 Å². The predicted molar refractivity (Wildman–Crippen MR) is 69.9 cm³/mol. The van der Waals surface area contributed by atoms with Crippen molar-refractivity contribution >= 4 is 15.9 Å². The number of halogens is 1. The highest BCUT2D eigenvalue weighted by molar-refractivity contribution is 9.10. The largest absolute Gasteiger partial charge is 0.496 e. The van der Waals surface area contributed by atoms with E-state index in [0.717, 1.165) is 10.2 Å². The van der Waals surface area contributed by atoms with Gasteiger partial charge >= 0.3 is 0 Å². The first-order valence-electron chi connectivity index (χ1n) is 5.80. The fourth-order valence-corrected chi connectivity index (χ4v) is 2.70. The smallest absolute Gasteiger partial charge is 0.124 e. The van der Waals surface area contributed by atoms with Gasteiger partial charge in [0.1, 0.15) is 5.75 Å². The summed E-state index contributed by atoms with van der Waals surface area (Å²) in [6.45, 7) is 4.68. The quantitative estimate of drug-likeness (QED) is 0.840. The minimum atomic E-state index is 0.450. The Kier molecular flexibility index (Phi) is 3.87. The van der Waals surface area contributed by atoms with Gasteiger partial charge in [0.25, 0.3) is 0 Å². The Morgan fingerprint density at radius 1 is 1.31 bits per heavy atom. The molecule has 1 fully saturated rings. The monoisotopic (exact) mass is 283 g/mol. The fraction of sp³-hybridized carbons (Fsp3) is 0.538. The molecule has 0 bridgehead atoms. The molecule has 0 saturated carbocycles. The molecule has 1 aromatic rings. The molecule has 0 aliphatic carbocycles. The molecule has 2 rings (SSSR count). The minimum absolute atomic E-state index is 0.450. The molecule has 0 spiro atoms. The van der Waals surface area contributed by atoms with Gasteiger partial charge in [0.05, 0.1) is 7.11 Å². The van der Waals surface area contributed by atoms with Crippen molar-refractivity contribution in [2.24, 2.45) is 0 Å². The van der Waals surface area contributed by atoms with Crippen LogP contribution in [0.15, 0.2) is 22.7 Å². The van der Waals surface area contributed by atoms with Gasteiger partial charge in [-0.05, 0) is 45.0 Å². The zero-order chi connectivity index (χ0) is 11.5. The van der Waals surface area contributed by atoms with E-state index in [1.54, 1.807) is 7.11 Å². The van der Waals surface area contributed by atoms with E-state index < -0.39 is 0 Å². The van der Waals surface area contributed by atoms with Gasteiger partial charge in [-0.2, -0.15) is 0 Å². The first-order chi connectivity index (χ1) is 7.72. The van der Waals surface area contributed by atoms with Gasteiger partial charge in [-0.25, -0.2) is 0 Å². The average Bonchev–Trinajstić information content (AvgIpc) is 2.81. The molecule has 16 heavy (non-hydrogen) atoms. The van der Waals surface area contributed by atoms with Crippen LogP contribution in [0.2, 0.25) is 0 Å². The lowest BCUT2D eigenvalue weighted by Crippen LogP contribution is -2.23. The normalized spacial score (nSPS) is 18.7. The third kappa shape index (κ3) is 2.41. The number of hydrogen-bond acceptors (Lipinski definition) is 2. The molecule has 1 saturated heterocycles. The maximum atomic E-state index is 5.45. The van der Waals surface area contributed by atoms with Gasteiger partial charge < -0.3 is 4.74 Å². The van der Waals surface area contributed by atoms with Gasteiger partial charge in [0, 0.05) is 16.1 Å². The van der Waals surface area contributed by atoms with Crippen LogP contribution in [-0.2, 0) is 0 Å². The van der Waals surface area contributed by atoms with Gasteiger partial charge in [0.15, 0.2) is 0 Å². The van der Waals surface area contributed by atoms with Crippen molar-refractivity contribution in [1.82, 2.24) is 4.90 Å². The highest BCUT2D eigenvalue weighted by atomic mass is 79.9. The standard InChI is InChI=1S/C13H18BrNO/c1-10(15-7-3-4-8-15)12-6-5-11(14)9-13(12)16-2/h5-6,9-10H,3-4,7-8H2,1-2H3. The van der Waals surface area contributed by atoms with Crippen molar-refractivity contribution in [3.05, 3.63) is 28.2 Å². The first kappa shape index (κ1) is 11.9. The zero-order valence-electron chi connectivity index (χ0n) is 9.87. The predicted octanol–water partition coefficient (Wildman–Crippen LogP) is 3.61. The molecule has 1 aromatic carbocycles. The van der Waals surface area contributed by atoms with E-state index in [-0.39, 0.29) is 0 Å². The number of hydrogen-bond donors (Lipinski definition) is 0. The lowest BCUT2D eigenvalue weighted by atomic mass is 10.1. The molecule has 0 radical (unpaired) electrons. The Balaban J connectivity index is 2.24. The van der Waals surface area contributed by atoms with Crippen LogP contribution in [0.4, 0.5) is 0 Å². The Labute approximate surface area is 106 Å². The summed E-state index contributed by atoms with van der Waals surface area (Å²) in [5.41, 5.74) is 1.28. The third-order valence-electron chi connectivity index (χ3n) is 3.33. The van der Waals surface area contributed by atoms with Crippen LogP contribution >= 0.6 is 15.9 Å². The molecule has 1 aliphatic heterocycles. The second kappa shape index (κ2) is 5.19. The summed E-state index contributed by atoms with van der Waals surface area (Å²) in [5.74, 6) is 0.980.